The summed E-state index contributed by atoms with van der Waals surface area (Å²) in [6, 6.07) is 0.262. The molecule has 7 nitrogen and oxygen atoms in total. The molecule has 0 spiro atoms. The molecule has 1 fully saturated rings. The van der Waals surface area contributed by atoms with E-state index < -0.39 is 4.92 Å². The van der Waals surface area contributed by atoms with Crippen molar-refractivity contribution in [3.05, 3.63) is 15.9 Å². The second-order valence-corrected chi connectivity index (χ2v) is 5.23. The third kappa shape index (κ3) is 2.30. The van der Waals surface area contributed by atoms with Gasteiger partial charge in [0.25, 0.3) is 0 Å². The van der Waals surface area contributed by atoms with E-state index in [0.717, 1.165) is 19.3 Å². The van der Waals surface area contributed by atoms with E-state index in [-0.39, 0.29) is 11.9 Å². The van der Waals surface area contributed by atoms with Crippen LogP contribution in [0.2, 0.25) is 0 Å². The van der Waals surface area contributed by atoms with E-state index in [1.807, 2.05) is 19.0 Å². The number of imidazole rings is 1. The van der Waals surface area contributed by atoms with E-state index >= 15 is 0 Å². The van der Waals surface area contributed by atoms with Gasteiger partial charge in [0.15, 0.2) is 0 Å². The average molecular weight is 267 g/mol. The van der Waals surface area contributed by atoms with Crippen LogP contribution in [0.5, 0.6) is 0 Å². The maximum Gasteiger partial charge on any atom is 0.406 e. The van der Waals surface area contributed by atoms with Gasteiger partial charge in [0.05, 0.1) is 0 Å². The zero-order chi connectivity index (χ0) is 14.2. The Balaban J connectivity index is 2.38. The van der Waals surface area contributed by atoms with Gasteiger partial charge in [-0.1, -0.05) is 6.42 Å². The summed E-state index contributed by atoms with van der Waals surface area (Å²) in [6.07, 6.45) is 3.25. The van der Waals surface area contributed by atoms with Gasteiger partial charge in [-0.2, -0.15) is 0 Å². The zero-order valence-corrected chi connectivity index (χ0v) is 11.7. The molecule has 1 heterocycles. The lowest BCUT2D eigenvalue weighted by Crippen LogP contribution is -2.39. The number of rotatable bonds is 4. The monoisotopic (exact) mass is 267 g/mol. The van der Waals surface area contributed by atoms with Crippen molar-refractivity contribution in [2.24, 2.45) is 18.7 Å². The first kappa shape index (κ1) is 13.8. The average Bonchev–Trinajstić information content (AvgIpc) is 2.94. The predicted molar refractivity (Wildman–Crippen MR) is 73.2 cm³/mol. The van der Waals surface area contributed by atoms with Crippen molar-refractivity contribution in [1.82, 2.24) is 9.55 Å². The Morgan fingerprint density at radius 2 is 2.26 bits per heavy atom. The molecule has 0 aliphatic heterocycles. The van der Waals surface area contributed by atoms with Crippen molar-refractivity contribution >= 4 is 11.6 Å². The molecule has 19 heavy (non-hydrogen) atoms. The second kappa shape index (κ2) is 5.16. The third-order valence-corrected chi connectivity index (χ3v) is 4.20. The Kier molecular flexibility index (Phi) is 3.75. The molecule has 106 valence electrons. The van der Waals surface area contributed by atoms with Crippen LogP contribution in [0.3, 0.4) is 0 Å². The van der Waals surface area contributed by atoms with Crippen LogP contribution < -0.4 is 10.6 Å². The topological polar surface area (TPSA) is 90.2 Å². The van der Waals surface area contributed by atoms with Gasteiger partial charge in [-0.05, 0) is 35.2 Å². The first-order valence-corrected chi connectivity index (χ1v) is 6.58. The molecule has 1 aliphatic carbocycles. The molecular weight excluding hydrogens is 246 g/mol. The molecule has 0 radical (unpaired) electrons. The van der Waals surface area contributed by atoms with Crippen molar-refractivity contribution < 1.29 is 4.92 Å². The van der Waals surface area contributed by atoms with Crippen LogP contribution in [-0.2, 0) is 7.05 Å². The minimum Gasteiger partial charge on any atom is -0.358 e. The van der Waals surface area contributed by atoms with Gasteiger partial charge >= 0.3 is 5.82 Å². The van der Waals surface area contributed by atoms with Crippen LogP contribution >= 0.6 is 0 Å². The van der Waals surface area contributed by atoms with E-state index in [1.165, 1.54) is 0 Å². The summed E-state index contributed by atoms with van der Waals surface area (Å²) in [5, 5.41) is 11.1. The predicted octanol–water partition coefficient (Wildman–Crippen LogP) is 1.20. The van der Waals surface area contributed by atoms with Gasteiger partial charge < -0.3 is 20.7 Å². The molecule has 0 amide bonds. The van der Waals surface area contributed by atoms with E-state index in [0.29, 0.717) is 24.1 Å². The molecule has 2 N–H and O–H groups in total. The molecular formula is C12H21N5O2. The molecule has 0 bridgehead atoms. The van der Waals surface area contributed by atoms with Gasteiger partial charge in [0.2, 0.25) is 11.6 Å². The van der Waals surface area contributed by atoms with Gasteiger partial charge in [0.1, 0.15) is 0 Å². The first-order valence-electron chi connectivity index (χ1n) is 6.58. The Labute approximate surface area is 112 Å². The Morgan fingerprint density at radius 3 is 2.84 bits per heavy atom. The molecule has 2 rings (SSSR count). The highest BCUT2D eigenvalue weighted by molar-refractivity contribution is 5.56. The van der Waals surface area contributed by atoms with Crippen molar-refractivity contribution in [2.75, 3.05) is 18.5 Å². The summed E-state index contributed by atoms with van der Waals surface area (Å²) in [5.74, 6) is 1.56. The number of aromatic nitrogens is 2. The first-order chi connectivity index (χ1) is 8.97. The molecule has 0 aromatic carbocycles. The van der Waals surface area contributed by atoms with Gasteiger partial charge in [-0.3, -0.25) is 4.57 Å². The van der Waals surface area contributed by atoms with Crippen LogP contribution in [0.1, 0.15) is 25.1 Å². The Hall–Kier alpha value is -1.63. The standard InChI is InChI=1S/C12H21N5O2/c1-8-14-11(17(18)19)12(15(8)2)16(3)10-6-4-5-9(10)7-13/h9-10H,4-7,13H2,1-3H3. The highest BCUT2D eigenvalue weighted by atomic mass is 16.6. The number of nitrogens with two attached hydrogens (primary N) is 1. The van der Waals surface area contributed by atoms with E-state index in [1.54, 1.807) is 11.5 Å². The number of nitrogens with zero attached hydrogens (tertiary/aromatic N) is 4. The Bertz CT molecular complexity index is 485. The summed E-state index contributed by atoms with van der Waals surface area (Å²) < 4.78 is 1.78. The minimum atomic E-state index is -0.411. The van der Waals surface area contributed by atoms with Crippen molar-refractivity contribution in [2.45, 2.75) is 32.2 Å². The summed E-state index contributed by atoms with van der Waals surface area (Å²) in [7, 11) is 3.72. The van der Waals surface area contributed by atoms with Gasteiger partial charge in [0, 0.05) is 27.1 Å². The van der Waals surface area contributed by atoms with Crippen LogP contribution in [0.15, 0.2) is 0 Å². The lowest BCUT2D eigenvalue weighted by molar-refractivity contribution is -0.388. The van der Waals surface area contributed by atoms with Crippen LogP contribution in [0.25, 0.3) is 0 Å². The number of nitro groups is 1. The normalized spacial score (nSPS) is 22.7. The number of hydrogen-bond acceptors (Lipinski definition) is 5. The number of anilines is 1. The zero-order valence-electron chi connectivity index (χ0n) is 11.7. The van der Waals surface area contributed by atoms with Gasteiger partial charge in [-0.25, -0.2) is 0 Å². The van der Waals surface area contributed by atoms with Crippen molar-refractivity contribution in [3.8, 4) is 0 Å². The molecule has 7 heteroatoms. The van der Waals surface area contributed by atoms with Gasteiger partial charge in [-0.15, -0.1) is 0 Å². The largest absolute Gasteiger partial charge is 0.406 e. The smallest absolute Gasteiger partial charge is 0.358 e. The highest BCUT2D eigenvalue weighted by Gasteiger charge is 2.35. The lowest BCUT2D eigenvalue weighted by Gasteiger charge is -2.30. The van der Waals surface area contributed by atoms with E-state index in [2.05, 4.69) is 4.98 Å². The summed E-state index contributed by atoms with van der Waals surface area (Å²) in [6.45, 7) is 2.40. The maximum absolute atomic E-state index is 11.1. The summed E-state index contributed by atoms with van der Waals surface area (Å²) in [4.78, 5) is 16.8. The van der Waals surface area contributed by atoms with E-state index in [9.17, 15) is 10.1 Å². The second-order valence-electron chi connectivity index (χ2n) is 5.23. The fraction of sp³-hybridized carbons (Fsp3) is 0.750. The van der Waals surface area contributed by atoms with Crippen LogP contribution in [0.4, 0.5) is 11.6 Å². The molecule has 0 saturated heterocycles. The fourth-order valence-electron chi connectivity index (χ4n) is 3.06. The molecule has 1 aliphatic rings. The summed E-state index contributed by atoms with van der Waals surface area (Å²) in [5.41, 5.74) is 5.80. The number of aryl methyl sites for hydroxylation is 1. The minimum absolute atomic E-state index is 0.0647. The maximum atomic E-state index is 11.1. The lowest BCUT2D eigenvalue weighted by atomic mass is 10.0. The van der Waals surface area contributed by atoms with Crippen LogP contribution in [0, 0.1) is 23.0 Å². The van der Waals surface area contributed by atoms with E-state index in [4.69, 9.17) is 5.73 Å². The van der Waals surface area contributed by atoms with Crippen LogP contribution in [-0.4, -0.2) is 34.1 Å². The fourth-order valence-corrected chi connectivity index (χ4v) is 3.06. The molecule has 2 atom stereocenters. The Morgan fingerprint density at radius 1 is 1.58 bits per heavy atom. The summed E-state index contributed by atoms with van der Waals surface area (Å²) >= 11 is 0. The SMILES string of the molecule is Cc1nc([N+](=O)[O-])c(N(C)C2CCCC2CN)n1C. The van der Waals surface area contributed by atoms with Crippen molar-refractivity contribution in [3.63, 3.8) is 0 Å². The number of hydrogen-bond donors (Lipinski definition) is 1. The highest BCUT2D eigenvalue weighted by Crippen LogP contribution is 2.35. The molecule has 1 aromatic heterocycles. The quantitative estimate of drug-likeness (QED) is 0.654. The molecule has 2 unspecified atom stereocenters. The molecule has 1 saturated carbocycles. The van der Waals surface area contributed by atoms with Crippen molar-refractivity contribution in [1.29, 1.82) is 0 Å². The molecule has 1 aromatic rings. The third-order valence-electron chi connectivity index (χ3n) is 4.20.